The van der Waals surface area contributed by atoms with Crippen LogP contribution < -0.4 is 5.32 Å². The Hall–Kier alpha value is -1.06. The van der Waals surface area contributed by atoms with Gasteiger partial charge in [0.15, 0.2) is 0 Å². The Morgan fingerprint density at radius 2 is 1.90 bits per heavy atom. The molecule has 2 rings (SSSR count). The van der Waals surface area contributed by atoms with Crippen molar-refractivity contribution in [2.24, 2.45) is 5.92 Å². The van der Waals surface area contributed by atoms with E-state index >= 15 is 0 Å². The fourth-order valence-electron chi connectivity index (χ4n) is 3.11. The second-order valence-corrected chi connectivity index (χ2v) is 6.09. The molecule has 1 aliphatic rings. The van der Waals surface area contributed by atoms with Crippen LogP contribution in [-0.2, 0) is 6.42 Å². The van der Waals surface area contributed by atoms with Crippen molar-refractivity contribution in [1.29, 1.82) is 0 Å². The number of benzene rings is 1. The molecule has 0 amide bonds. The zero-order valence-electron chi connectivity index (χ0n) is 12.8. The van der Waals surface area contributed by atoms with Crippen LogP contribution in [0.15, 0.2) is 24.3 Å². The molecule has 0 aromatic heterocycles. The standard InChI is InChI=1S/C17H28N2O/c1-14(3-4-15-5-7-17(20)8-6-15)19-11-9-16(10-12-19)13-18-2/h5-8,14,16,18,20H,3-4,9-13H2,1-2H3. The van der Waals surface area contributed by atoms with E-state index in [1.807, 2.05) is 19.2 Å². The van der Waals surface area contributed by atoms with E-state index in [-0.39, 0.29) is 0 Å². The van der Waals surface area contributed by atoms with E-state index in [0.29, 0.717) is 11.8 Å². The van der Waals surface area contributed by atoms with Gasteiger partial charge in [-0.1, -0.05) is 12.1 Å². The summed E-state index contributed by atoms with van der Waals surface area (Å²) in [7, 11) is 2.05. The van der Waals surface area contributed by atoms with Crippen molar-refractivity contribution in [1.82, 2.24) is 10.2 Å². The predicted octanol–water partition coefficient (Wildman–Crippen LogP) is 2.64. The fraction of sp³-hybridized carbons (Fsp3) is 0.647. The molecule has 1 heterocycles. The Labute approximate surface area is 123 Å². The first-order valence-corrected chi connectivity index (χ1v) is 7.85. The number of likely N-dealkylation sites (tertiary alicyclic amines) is 1. The predicted molar refractivity (Wildman–Crippen MR) is 84.1 cm³/mol. The monoisotopic (exact) mass is 276 g/mol. The van der Waals surface area contributed by atoms with Crippen LogP contribution in [-0.4, -0.2) is 42.7 Å². The molecule has 0 bridgehead atoms. The molecule has 3 heteroatoms. The molecule has 1 aliphatic heterocycles. The van der Waals surface area contributed by atoms with Gasteiger partial charge in [0.1, 0.15) is 5.75 Å². The van der Waals surface area contributed by atoms with Gasteiger partial charge in [-0.05, 0) is 82.9 Å². The molecule has 1 aromatic rings. The highest BCUT2D eigenvalue weighted by molar-refractivity contribution is 5.25. The van der Waals surface area contributed by atoms with Gasteiger partial charge in [-0.2, -0.15) is 0 Å². The van der Waals surface area contributed by atoms with Gasteiger partial charge in [0.05, 0.1) is 0 Å². The minimum absolute atomic E-state index is 0.355. The summed E-state index contributed by atoms with van der Waals surface area (Å²) in [6, 6.07) is 8.27. The van der Waals surface area contributed by atoms with Gasteiger partial charge in [-0.3, -0.25) is 0 Å². The molecule has 0 spiro atoms. The largest absolute Gasteiger partial charge is 0.508 e. The molecule has 112 valence electrons. The van der Waals surface area contributed by atoms with Crippen LogP contribution in [0.4, 0.5) is 0 Å². The molecular formula is C17H28N2O. The van der Waals surface area contributed by atoms with E-state index in [4.69, 9.17) is 0 Å². The second kappa shape index (κ2) is 7.65. The zero-order valence-corrected chi connectivity index (χ0v) is 12.8. The third-order valence-electron chi connectivity index (χ3n) is 4.55. The first-order chi connectivity index (χ1) is 9.69. The van der Waals surface area contributed by atoms with Crippen LogP contribution >= 0.6 is 0 Å². The summed E-state index contributed by atoms with van der Waals surface area (Å²) in [5.74, 6) is 1.22. The van der Waals surface area contributed by atoms with Gasteiger partial charge in [-0.15, -0.1) is 0 Å². The highest BCUT2D eigenvalue weighted by atomic mass is 16.3. The third-order valence-corrected chi connectivity index (χ3v) is 4.55. The smallest absolute Gasteiger partial charge is 0.115 e. The molecule has 0 saturated carbocycles. The van der Waals surface area contributed by atoms with Crippen molar-refractivity contribution < 1.29 is 5.11 Å². The van der Waals surface area contributed by atoms with E-state index in [0.717, 1.165) is 18.9 Å². The summed E-state index contributed by atoms with van der Waals surface area (Å²) in [6.07, 6.45) is 4.94. The van der Waals surface area contributed by atoms with Crippen LogP contribution in [0.1, 0.15) is 31.7 Å². The molecule has 1 aromatic carbocycles. The van der Waals surface area contributed by atoms with Gasteiger partial charge in [0, 0.05) is 6.04 Å². The van der Waals surface area contributed by atoms with Crippen LogP contribution in [0, 0.1) is 5.92 Å². The summed E-state index contributed by atoms with van der Waals surface area (Å²) in [6.45, 7) is 5.99. The summed E-state index contributed by atoms with van der Waals surface area (Å²) >= 11 is 0. The fourth-order valence-corrected chi connectivity index (χ4v) is 3.11. The summed E-state index contributed by atoms with van der Waals surface area (Å²) in [4.78, 5) is 2.63. The van der Waals surface area contributed by atoms with Gasteiger partial charge < -0.3 is 15.3 Å². The Kier molecular flexibility index (Phi) is 5.86. The number of piperidine rings is 1. The van der Waals surface area contributed by atoms with Crippen molar-refractivity contribution in [3.05, 3.63) is 29.8 Å². The Bertz CT molecular complexity index is 382. The number of aromatic hydroxyl groups is 1. The van der Waals surface area contributed by atoms with Crippen molar-refractivity contribution in [2.45, 2.75) is 38.6 Å². The molecule has 3 nitrogen and oxygen atoms in total. The first kappa shape index (κ1) is 15.3. The number of nitrogens with one attached hydrogen (secondary N) is 1. The highest BCUT2D eigenvalue weighted by Gasteiger charge is 2.21. The average molecular weight is 276 g/mol. The Morgan fingerprint density at radius 3 is 2.50 bits per heavy atom. The van der Waals surface area contributed by atoms with E-state index in [9.17, 15) is 5.11 Å². The lowest BCUT2D eigenvalue weighted by molar-refractivity contribution is 0.135. The SMILES string of the molecule is CNCC1CCN(C(C)CCc2ccc(O)cc2)CC1. The number of phenolic OH excluding ortho intramolecular Hbond substituents is 1. The molecule has 0 radical (unpaired) electrons. The lowest BCUT2D eigenvalue weighted by Gasteiger charge is -2.36. The first-order valence-electron chi connectivity index (χ1n) is 7.85. The molecular weight excluding hydrogens is 248 g/mol. The maximum absolute atomic E-state index is 9.29. The molecule has 20 heavy (non-hydrogen) atoms. The average Bonchev–Trinajstić information content (AvgIpc) is 2.47. The number of rotatable bonds is 6. The Balaban J connectivity index is 1.72. The number of nitrogens with zero attached hydrogens (tertiary/aromatic N) is 1. The number of aryl methyl sites for hydroxylation is 1. The lowest BCUT2D eigenvalue weighted by atomic mass is 9.95. The Morgan fingerprint density at radius 1 is 1.25 bits per heavy atom. The molecule has 1 saturated heterocycles. The van der Waals surface area contributed by atoms with E-state index in [1.54, 1.807) is 12.1 Å². The van der Waals surface area contributed by atoms with Crippen LogP contribution in [0.25, 0.3) is 0 Å². The number of hydrogen-bond donors (Lipinski definition) is 2. The third kappa shape index (κ3) is 4.50. The van der Waals surface area contributed by atoms with Crippen LogP contribution in [0.3, 0.4) is 0 Å². The minimum Gasteiger partial charge on any atom is -0.508 e. The van der Waals surface area contributed by atoms with Gasteiger partial charge >= 0.3 is 0 Å². The molecule has 2 N–H and O–H groups in total. The highest BCUT2D eigenvalue weighted by Crippen LogP contribution is 2.20. The molecule has 0 aliphatic carbocycles. The minimum atomic E-state index is 0.355. The van der Waals surface area contributed by atoms with Crippen molar-refractivity contribution in [3.8, 4) is 5.75 Å². The van der Waals surface area contributed by atoms with Gasteiger partial charge in [0.25, 0.3) is 0 Å². The summed E-state index contributed by atoms with van der Waals surface area (Å²) < 4.78 is 0. The normalized spacial score (nSPS) is 19.1. The summed E-state index contributed by atoms with van der Waals surface area (Å²) in [5, 5.41) is 12.6. The van der Waals surface area contributed by atoms with Gasteiger partial charge in [-0.25, -0.2) is 0 Å². The van der Waals surface area contributed by atoms with Gasteiger partial charge in [0.2, 0.25) is 0 Å². The molecule has 1 fully saturated rings. The second-order valence-electron chi connectivity index (χ2n) is 6.09. The van der Waals surface area contributed by atoms with Crippen molar-refractivity contribution >= 4 is 0 Å². The van der Waals surface area contributed by atoms with Crippen LogP contribution in [0.5, 0.6) is 5.75 Å². The lowest BCUT2D eigenvalue weighted by Crippen LogP contribution is -2.41. The van der Waals surface area contributed by atoms with E-state index in [1.165, 1.54) is 37.9 Å². The van der Waals surface area contributed by atoms with Crippen LogP contribution in [0.2, 0.25) is 0 Å². The maximum Gasteiger partial charge on any atom is 0.115 e. The number of phenols is 1. The molecule has 1 unspecified atom stereocenters. The summed E-state index contributed by atoms with van der Waals surface area (Å²) in [5.41, 5.74) is 1.32. The van der Waals surface area contributed by atoms with Crippen molar-refractivity contribution in [3.63, 3.8) is 0 Å². The molecule has 1 atom stereocenters. The maximum atomic E-state index is 9.29. The van der Waals surface area contributed by atoms with E-state index in [2.05, 4.69) is 17.1 Å². The van der Waals surface area contributed by atoms with Crippen molar-refractivity contribution in [2.75, 3.05) is 26.7 Å². The van der Waals surface area contributed by atoms with E-state index < -0.39 is 0 Å². The topological polar surface area (TPSA) is 35.5 Å². The zero-order chi connectivity index (χ0) is 14.4. The quantitative estimate of drug-likeness (QED) is 0.838. The number of hydrogen-bond acceptors (Lipinski definition) is 3.